The van der Waals surface area contributed by atoms with Gasteiger partial charge in [-0.25, -0.2) is 9.29 Å². The van der Waals surface area contributed by atoms with Gasteiger partial charge in [0.05, 0.1) is 22.0 Å². The highest BCUT2D eigenvalue weighted by molar-refractivity contribution is 9.10. The van der Waals surface area contributed by atoms with Crippen LogP contribution in [0, 0.1) is 24.6 Å². The third-order valence-corrected chi connectivity index (χ3v) is 4.93. The molecule has 5 heteroatoms. The van der Waals surface area contributed by atoms with Crippen molar-refractivity contribution in [1.29, 1.82) is 0 Å². The van der Waals surface area contributed by atoms with Crippen LogP contribution in [0.25, 0.3) is 0 Å². The maximum atomic E-state index is 13.5. The van der Waals surface area contributed by atoms with Gasteiger partial charge in [0.1, 0.15) is 5.82 Å². The summed E-state index contributed by atoms with van der Waals surface area (Å²) in [6, 6.07) is 2.87. The molecule has 1 aliphatic heterocycles. The lowest BCUT2D eigenvalue weighted by Gasteiger charge is -2.19. The van der Waals surface area contributed by atoms with Gasteiger partial charge >= 0.3 is 0 Å². The van der Waals surface area contributed by atoms with Crippen molar-refractivity contribution in [2.45, 2.75) is 32.6 Å². The van der Waals surface area contributed by atoms with Crippen LogP contribution in [-0.4, -0.2) is 11.8 Å². The highest BCUT2D eigenvalue weighted by Crippen LogP contribution is 2.41. The summed E-state index contributed by atoms with van der Waals surface area (Å²) in [6.07, 6.45) is 3.57. The van der Waals surface area contributed by atoms with Crippen LogP contribution in [0.4, 0.5) is 10.1 Å². The summed E-state index contributed by atoms with van der Waals surface area (Å²) in [5.41, 5.74) is 1.11. The molecule has 1 aliphatic carbocycles. The molecule has 0 bridgehead atoms. The van der Waals surface area contributed by atoms with Crippen LogP contribution in [0.3, 0.4) is 0 Å². The Balaban J connectivity index is 2.04. The molecular weight excluding hydrogens is 325 g/mol. The molecule has 1 heterocycles. The van der Waals surface area contributed by atoms with Crippen LogP contribution in [0.5, 0.6) is 0 Å². The van der Waals surface area contributed by atoms with Gasteiger partial charge in [0.2, 0.25) is 11.8 Å². The van der Waals surface area contributed by atoms with Gasteiger partial charge in [0.15, 0.2) is 0 Å². The van der Waals surface area contributed by atoms with E-state index in [9.17, 15) is 14.0 Å². The van der Waals surface area contributed by atoms with Crippen molar-refractivity contribution in [2.75, 3.05) is 4.90 Å². The maximum Gasteiger partial charge on any atom is 0.237 e. The van der Waals surface area contributed by atoms with Gasteiger partial charge in [0, 0.05) is 0 Å². The number of imide groups is 1. The van der Waals surface area contributed by atoms with Crippen molar-refractivity contribution >= 4 is 33.4 Å². The molecule has 1 aromatic rings. The van der Waals surface area contributed by atoms with E-state index in [1.54, 1.807) is 6.92 Å². The largest absolute Gasteiger partial charge is 0.274 e. The van der Waals surface area contributed by atoms with E-state index in [1.807, 2.05) is 0 Å². The van der Waals surface area contributed by atoms with Crippen LogP contribution in [0.15, 0.2) is 16.6 Å². The minimum Gasteiger partial charge on any atom is -0.274 e. The highest BCUT2D eigenvalue weighted by atomic mass is 79.9. The van der Waals surface area contributed by atoms with E-state index in [4.69, 9.17) is 0 Å². The first-order valence-corrected chi connectivity index (χ1v) is 7.63. The zero-order chi connectivity index (χ0) is 14.4. The first-order valence-electron chi connectivity index (χ1n) is 6.84. The van der Waals surface area contributed by atoms with Crippen molar-refractivity contribution in [3.05, 3.63) is 28.0 Å². The van der Waals surface area contributed by atoms with E-state index in [1.165, 1.54) is 17.0 Å². The fraction of sp³-hybridized carbons (Fsp3) is 0.467. The molecule has 0 N–H and O–H groups in total. The fourth-order valence-corrected chi connectivity index (χ4v) is 3.61. The Hall–Kier alpha value is -1.23. The van der Waals surface area contributed by atoms with Crippen molar-refractivity contribution in [1.82, 2.24) is 0 Å². The Kier molecular flexibility index (Phi) is 3.40. The lowest BCUT2D eigenvalue weighted by molar-refractivity contribution is -0.122. The van der Waals surface area contributed by atoms with Crippen LogP contribution >= 0.6 is 15.9 Å². The molecule has 2 unspecified atom stereocenters. The van der Waals surface area contributed by atoms with Crippen molar-refractivity contribution in [2.24, 2.45) is 11.8 Å². The minimum absolute atomic E-state index is 0.124. The van der Waals surface area contributed by atoms with E-state index < -0.39 is 0 Å². The van der Waals surface area contributed by atoms with Crippen LogP contribution < -0.4 is 4.90 Å². The number of nitrogens with zero attached hydrogens (tertiary/aromatic N) is 1. The Morgan fingerprint density at radius 1 is 1.15 bits per heavy atom. The molecule has 106 valence electrons. The number of anilines is 1. The second kappa shape index (κ2) is 4.95. The molecule has 3 rings (SSSR count). The van der Waals surface area contributed by atoms with Gasteiger partial charge in [-0.05, 0) is 53.4 Å². The average Bonchev–Trinajstić information content (AvgIpc) is 2.68. The molecule has 1 saturated heterocycles. The second-order valence-corrected chi connectivity index (χ2v) is 6.42. The Bertz CT molecular complexity index is 578. The summed E-state index contributed by atoms with van der Waals surface area (Å²) >= 11 is 3.12. The van der Waals surface area contributed by atoms with E-state index in [2.05, 4.69) is 15.9 Å². The van der Waals surface area contributed by atoms with Crippen LogP contribution in [-0.2, 0) is 9.59 Å². The highest BCUT2D eigenvalue weighted by Gasteiger charge is 2.49. The molecule has 0 aromatic heterocycles. The summed E-state index contributed by atoms with van der Waals surface area (Å²) in [4.78, 5) is 26.3. The monoisotopic (exact) mass is 339 g/mol. The third-order valence-electron chi connectivity index (χ3n) is 4.32. The number of hydrogen-bond acceptors (Lipinski definition) is 2. The summed E-state index contributed by atoms with van der Waals surface area (Å²) in [5, 5.41) is 0. The number of amides is 2. The molecule has 2 fully saturated rings. The molecule has 20 heavy (non-hydrogen) atoms. The van der Waals surface area contributed by atoms with E-state index in [0.717, 1.165) is 25.7 Å². The molecule has 0 spiro atoms. The molecule has 3 nitrogen and oxygen atoms in total. The first-order chi connectivity index (χ1) is 9.50. The number of rotatable bonds is 1. The van der Waals surface area contributed by atoms with Gasteiger partial charge in [-0.2, -0.15) is 0 Å². The summed E-state index contributed by atoms with van der Waals surface area (Å²) in [5.74, 6) is -0.996. The van der Waals surface area contributed by atoms with Crippen molar-refractivity contribution in [3.63, 3.8) is 0 Å². The number of aryl methyl sites for hydroxylation is 1. The Morgan fingerprint density at radius 2 is 1.70 bits per heavy atom. The zero-order valence-corrected chi connectivity index (χ0v) is 12.7. The summed E-state index contributed by atoms with van der Waals surface area (Å²) in [7, 11) is 0. The van der Waals surface area contributed by atoms with E-state index in [-0.39, 0.29) is 33.9 Å². The van der Waals surface area contributed by atoms with Gasteiger partial charge in [0.25, 0.3) is 0 Å². The number of benzene rings is 1. The predicted octanol–water partition coefficient (Wildman–Crippen LogP) is 3.58. The summed E-state index contributed by atoms with van der Waals surface area (Å²) in [6.45, 7) is 1.72. The molecule has 1 saturated carbocycles. The van der Waals surface area contributed by atoms with Gasteiger partial charge in [-0.3, -0.25) is 9.59 Å². The molecule has 2 aliphatic rings. The van der Waals surface area contributed by atoms with Gasteiger partial charge in [-0.1, -0.05) is 12.8 Å². The molecule has 2 atom stereocenters. The molecule has 1 aromatic carbocycles. The number of fused-ring (bicyclic) bond motifs is 1. The smallest absolute Gasteiger partial charge is 0.237 e. The number of carbonyl (C=O) groups is 2. The standard InChI is InChI=1S/C15H15BrFNO2/c1-8-6-12(17)11(16)7-13(8)18-14(19)9-4-2-3-5-10(9)15(18)20/h6-7,9-10H,2-5H2,1H3. The normalized spacial score (nSPS) is 26.1. The topological polar surface area (TPSA) is 37.4 Å². The molecule has 2 amide bonds. The van der Waals surface area contributed by atoms with Crippen LogP contribution in [0.2, 0.25) is 0 Å². The number of carbonyl (C=O) groups excluding carboxylic acids is 2. The van der Waals surface area contributed by atoms with E-state index >= 15 is 0 Å². The van der Waals surface area contributed by atoms with Gasteiger partial charge < -0.3 is 0 Å². The number of hydrogen-bond donors (Lipinski definition) is 0. The predicted molar refractivity (Wildman–Crippen MR) is 76.8 cm³/mol. The lowest BCUT2D eigenvalue weighted by atomic mass is 9.81. The molecular formula is C15H15BrFNO2. The summed E-state index contributed by atoms with van der Waals surface area (Å²) < 4.78 is 13.8. The second-order valence-electron chi connectivity index (χ2n) is 5.56. The zero-order valence-electron chi connectivity index (χ0n) is 11.2. The lowest BCUT2D eigenvalue weighted by Crippen LogP contribution is -2.31. The fourth-order valence-electron chi connectivity index (χ4n) is 3.28. The van der Waals surface area contributed by atoms with E-state index in [0.29, 0.717) is 11.3 Å². The minimum atomic E-state index is -0.386. The van der Waals surface area contributed by atoms with Crippen molar-refractivity contribution in [3.8, 4) is 0 Å². The number of halogens is 2. The molecule has 0 radical (unpaired) electrons. The maximum absolute atomic E-state index is 13.5. The third kappa shape index (κ3) is 1.99. The van der Waals surface area contributed by atoms with Crippen molar-refractivity contribution < 1.29 is 14.0 Å². The SMILES string of the molecule is Cc1cc(F)c(Br)cc1N1C(=O)C2CCCCC2C1=O. The Morgan fingerprint density at radius 3 is 2.25 bits per heavy atom. The Labute approximate surface area is 125 Å². The quantitative estimate of drug-likeness (QED) is 0.733. The average molecular weight is 340 g/mol. The first kappa shape index (κ1) is 13.7. The van der Waals surface area contributed by atoms with Gasteiger partial charge in [-0.15, -0.1) is 0 Å². The van der Waals surface area contributed by atoms with Crippen LogP contribution in [0.1, 0.15) is 31.2 Å².